The Labute approximate surface area is 109 Å². The molecule has 0 amide bonds. The van der Waals surface area contributed by atoms with E-state index in [4.69, 9.17) is 5.73 Å². The third kappa shape index (κ3) is 1.97. The summed E-state index contributed by atoms with van der Waals surface area (Å²) < 4.78 is 0. The summed E-state index contributed by atoms with van der Waals surface area (Å²) in [6.07, 6.45) is 3.94. The molecule has 98 valence electrons. The average molecular weight is 245 g/mol. The summed E-state index contributed by atoms with van der Waals surface area (Å²) in [7, 11) is 0. The van der Waals surface area contributed by atoms with Crippen LogP contribution in [0.5, 0.6) is 0 Å². The zero-order valence-electron chi connectivity index (χ0n) is 11.4. The van der Waals surface area contributed by atoms with Crippen molar-refractivity contribution >= 4 is 11.4 Å². The van der Waals surface area contributed by atoms with Gasteiger partial charge in [0.15, 0.2) is 0 Å². The summed E-state index contributed by atoms with van der Waals surface area (Å²) >= 11 is 0. The SMILES string of the molecule is Cc1cc(N)c(NC2CCN3CCCC23)cc1C. The molecule has 2 unspecified atom stereocenters. The van der Waals surface area contributed by atoms with Crippen LogP contribution in [-0.4, -0.2) is 30.1 Å². The maximum Gasteiger partial charge on any atom is 0.0579 e. The van der Waals surface area contributed by atoms with Gasteiger partial charge in [0, 0.05) is 18.6 Å². The van der Waals surface area contributed by atoms with Gasteiger partial charge in [-0.05, 0) is 62.9 Å². The summed E-state index contributed by atoms with van der Waals surface area (Å²) in [4.78, 5) is 2.62. The fraction of sp³-hybridized carbons (Fsp3) is 0.600. The van der Waals surface area contributed by atoms with Crippen molar-refractivity contribution in [2.75, 3.05) is 24.1 Å². The van der Waals surface area contributed by atoms with E-state index in [1.54, 1.807) is 0 Å². The molecule has 3 nitrogen and oxygen atoms in total. The molecule has 2 atom stereocenters. The highest BCUT2D eigenvalue weighted by Crippen LogP contribution is 2.32. The Kier molecular flexibility index (Phi) is 2.94. The normalized spacial score (nSPS) is 27.4. The smallest absolute Gasteiger partial charge is 0.0579 e. The topological polar surface area (TPSA) is 41.3 Å². The summed E-state index contributed by atoms with van der Waals surface area (Å²) in [6.45, 7) is 6.79. The third-order valence-electron chi connectivity index (χ3n) is 4.61. The van der Waals surface area contributed by atoms with Crippen molar-refractivity contribution in [3.8, 4) is 0 Å². The second-order valence-corrected chi connectivity index (χ2v) is 5.81. The number of nitrogens with two attached hydrogens (primary N) is 1. The van der Waals surface area contributed by atoms with Gasteiger partial charge in [-0.3, -0.25) is 4.90 Å². The highest BCUT2D eigenvalue weighted by molar-refractivity contribution is 5.69. The van der Waals surface area contributed by atoms with Crippen LogP contribution in [0.2, 0.25) is 0 Å². The van der Waals surface area contributed by atoms with Gasteiger partial charge in [-0.2, -0.15) is 0 Å². The molecule has 3 heteroatoms. The second-order valence-electron chi connectivity index (χ2n) is 5.81. The zero-order valence-corrected chi connectivity index (χ0v) is 11.4. The predicted molar refractivity (Wildman–Crippen MR) is 77.0 cm³/mol. The maximum atomic E-state index is 6.13. The van der Waals surface area contributed by atoms with Gasteiger partial charge in [0.2, 0.25) is 0 Å². The monoisotopic (exact) mass is 245 g/mol. The largest absolute Gasteiger partial charge is 0.397 e. The first-order valence-corrected chi connectivity index (χ1v) is 7.02. The van der Waals surface area contributed by atoms with Crippen molar-refractivity contribution in [3.63, 3.8) is 0 Å². The van der Waals surface area contributed by atoms with Gasteiger partial charge in [0.05, 0.1) is 11.4 Å². The molecule has 18 heavy (non-hydrogen) atoms. The lowest BCUT2D eigenvalue weighted by molar-refractivity contribution is 0.318. The van der Waals surface area contributed by atoms with Gasteiger partial charge in [0.25, 0.3) is 0 Å². The van der Waals surface area contributed by atoms with Crippen molar-refractivity contribution in [1.82, 2.24) is 4.90 Å². The first-order chi connectivity index (χ1) is 8.65. The molecule has 2 fully saturated rings. The number of nitrogen functional groups attached to an aromatic ring is 1. The minimum atomic E-state index is 0.580. The molecule has 0 radical (unpaired) electrons. The lowest BCUT2D eigenvalue weighted by atomic mass is 10.0. The Morgan fingerprint density at radius 1 is 1.17 bits per heavy atom. The van der Waals surface area contributed by atoms with Crippen molar-refractivity contribution in [2.45, 2.75) is 45.2 Å². The van der Waals surface area contributed by atoms with Crippen LogP contribution in [-0.2, 0) is 0 Å². The van der Waals surface area contributed by atoms with Gasteiger partial charge in [-0.15, -0.1) is 0 Å². The van der Waals surface area contributed by atoms with Crippen molar-refractivity contribution < 1.29 is 0 Å². The summed E-state index contributed by atoms with van der Waals surface area (Å²) in [5, 5.41) is 3.68. The summed E-state index contributed by atoms with van der Waals surface area (Å²) in [6, 6.07) is 5.59. The molecular weight excluding hydrogens is 222 g/mol. The number of nitrogens with zero attached hydrogens (tertiary/aromatic N) is 1. The first-order valence-electron chi connectivity index (χ1n) is 7.02. The fourth-order valence-corrected chi connectivity index (χ4v) is 3.41. The molecule has 0 aromatic heterocycles. The van der Waals surface area contributed by atoms with E-state index in [9.17, 15) is 0 Å². The van der Waals surface area contributed by atoms with Crippen LogP contribution in [0.15, 0.2) is 12.1 Å². The Hall–Kier alpha value is -1.22. The van der Waals surface area contributed by atoms with Gasteiger partial charge in [-0.1, -0.05) is 0 Å². The van der Waals surface area contributed by atoms with Crippen LogP contribution < -0.4 is 11.1 Å². The van der Waals surface area contributed by atoms with Gasteiger partial charge in [0.1, 0.15) is 0 Å². The van der Waals surface area contributed by atoms with E-state index < -0.39 is 0 Å². The van der Waals surface area contributed by atoms with Crippen LogP contribution in [0.1, 0.15) is 30.4 Å². The molecule has 1 aromatic carbocycles. The highest BCUT2D eigenvalue weighted by Gasteiger charge is 2.37. The lowest BCUT2D eigenvalue weighted by Gasteiger charge is -2.23. The molecule has 0 spiro atoms. The number of nitrogens with one attached hydrogen (secondary N) is 1. The standard InChI is InChI=1S/C15H23N3/c1-10-8-12(16)14(9-11(10)2)17-13-5-7-18-6-3-4-15(13)18/h8-9,13,15,17H,3-7,16H2,1-2H3. The van der Waals surface area contributed by atoms with E-state index in [1.165, 1.54) is 43.5 Å². The van der Waals surface area contributed by atoms with Gasteiger partial charge < -0.3 is 11.1 Å². The Morgan fingerprint density at radius 3 is 2.78 bits per heavy atom. The van der Waals surface area contributed by atoms with Gasteiger partial charge >= 0.3 is 0 Å². The number of benzene rings is 1. The predicted octanol–water partition coefficient (Wildman–Crippen LogP) is 2.53. The molecule has 3 N–H and O–H groups in total. The molecule has 0 bridgehead atoms. The number of anilines is 2. The molecule has 0 saturated carbocycles. The zero-order chi connectivity index (χ0) is 12.7. The minimum absolute atomic E-state index is 0.580. The molecule has 3 rings (SSSR count). The lowest BCUT2D eigenvalue weighted by Crippen LogP contribution is -2.33. The number of hydrogen-bond acceptors (Lipinski definition) is 3. The number of fused-ring (bicyclic) bond motifs is 1. The van der Waals surface area contributed by atoms with E-state index in [0.29, 0.717) is 6.04 Å². The van der Waals surface area contributed by atoms with E-state index in [1.807, 2.05) is 0 Å². The fourth-order valence-electron chi connectivity index (χ4n) is 3.41. The first kappa shape index (κ1) is 11.8. The van der Waals surface area contributed by atoms with Crippen LogP contribution >= 0.6 is 0 Å². The number of hydrogen-bond donors (Lipinski definition) is 2. The second kappa shape index (κ2) is 4.47. The van der Waals surface area contributed by atoms with E-state index in [0.717, 1.165) is 17.4 Å². The maximum absolute atomic E-state index is 6.13. The Morgan fingerprint density at radius 2 is 1.94 bits per heavy atom. The summed E-state index contributed by atoms with van der Waals surface area (Å²) in [5.41, 5.74) is 10.7. The van der Waals surface area contributed by atoms with Crippen LogP contribution in [0, 0.1) is 13.8 Å². The van der Waals surface area contributed by atoms with Crippen LogP contribution in [0.4, 0.5) is 11.4 Å². The molecule has 2 aliphatic rings. The Balaban J connectivity index is 1.78. The quantitative estimate of drug-likeness (QED) is 0.787. The van der Waals surface area contributed by atoms with Crippen molar-refractivity contribution in [2.24, 2.45) is 0 Å². The Bertz CT molecular complexity index is 455. The van der Waals surface area contributed by atoms with Crippen molar-refractivity contribution in [1.29, 1.82) is 0 Å². The molecule has 0 aliphatic carbocycles. The highest BCUT2D eigenvalue weighted by atomic mass is 15.2. The van der Waals surface area contributed by atoms with Crippen LogP contribution in [0.3, 0.4) is 0 Å². The molecule has 1 aromatic rings. The third-order valence-corrected chi connectivity index (χ3v) is 4.61. The number of aryl methyl sites for hydroxylation is 2. The van der Waals surface area contributed by atoms with E-state index in [-0.39, 0.29) is 0 Å². The molecular formula is C15H23N3. The minimum Gasteiger partial charge on any atom is -0.397 e. The van der Waals surface area contributed by atoms with Crippen molar-refractivity contribution in [3.05, 3.63) is 23.3 Å². The van der Waals surface area contributed by atoms with Crippen LogP contribution in [0.25, 0.3) is 0 Å². The molecule has 2 aliphatic heterocycles. The van der Waals surface area contributed by atoms with Gasteiger partial charge in [-0.25, -0.2) is 0 Å². The summed E-state index contributed by atoms with van der Waals surface area (Å²) in [5.74, 6) is 0. The average Bonchev–Trinajstić information content (AvgIpc) is 2.90. The molecule has 2 heterocycles. The van der Waals surface area contributed by atoms with E-state index >= 15 is 0 Å². The van der Waals surface area contributed by atoms with E-state index in [2.05, 4.69) is 36.2 Å². The number of rotatable bonds is 2. The molecule has 2 saturated heterocycles.